The van der Waals surface area contributed by atoms with Crippen molar-refractivity contribution in [2.45, 2.75) is 94.5 Å². The second-order valence-corrected chi connectivity index (χ2v) is 16.9. The average molecular weight is 840 g/mol. The van der Waals surface area contributed by atoms with Gasteiger partial charge in [-0.2, -0.15) is 0 Å². The van der Waals surface area contributed by atoms with E-state index in [2.05, 4.69) is 92.6 Å². The van der Waals surface area contributed by atoms with Crippen molar-refractivity contribution in [3.05, 3.63) is 107 Å². The smallest absolute Gasteiger partial charge is 0.407 e. The number of piperidine rings is 1. The van der Waals surface area contributed by atoms with Gasteiger partial charge in [-0.05, 0) is 91.7 Å². The molecule has 7 atom stereocenters. The highest BCUT2D eigenvalue weighted by atomic mass is 16.5. The Labute approximate surface area is 360 Å². The molecular weight excluding hydrogens is 787 g/mol. The lowest BCUT2D eigenvalue weighted by Gasteiger charge is -2.30. The topological polar surface area (TPSA) is 187 Å². The number of aromatic amines is 2. The van der Waals surface area contributed by atoms with Gasteiger partial charge in [0, 0.05) is 30.7 Å². The molecule has 2 bridgehead atoms. The van der Waals surface area contributed by atoms with Crippen molar-refractivity contribution in [3.8, 4) is 33.6 Å². The number of hydrogen-bond donors (Lipinski definition) is 5. The standard InChI is InChI=1S/C47H53N9O6/c1-26(50-46(59)61-3)44(57)55-20-8-12-38(55)42-48-24-36(53-42)30-16-14-29(15-17-30)32-18-19-33(41-35-23-31(22-34(52-35)40(32)41)28-10-6-5-7-11-28)37-25-49-43(54-37)39-13-9-21-56(39)45(58)27(2)51-47(60)62-4/h5-7,10-11,14-19,24-27,31,34-35,38-39,52H,8-9,12-13,20-23H2,1-4H3,(H,48,53)(H,49,54)(H,50,59)(H,51,60)/t26-,27-,31?,34?,35?,38-,39-/m0/s1. The highest BCUT2D eigenvalue weighted by Gasteiger charge is 2.42. The molecule has 0 spiro atoms. The summed E-state index contributed by atoms with van der Waals surface area (Å²) in [6.45, 7) is 4.51. The van der Waals surface area contributed by atoms with Crippen molar-refractivity contribution in [1.82, 2.24) is 45.7 Å². The highest BCUT2D eigenvalue weighted by Crippen LogP contribution is 2.54. The van der Waals surface area contributed by atoms with Gasteiger partial charge in [0.2, 0.25) is 11.8 Å². The fourth-order valence-electron chi connectivity index (χ4n) is 10.2. The predicted molar refractivity (Wildman–Crippen MR) is 231 cm³/mol. The van der Waals surface area contributed by atoms with Crippen LogP contribution in [0.15, 0.2) is 79.1 Å². The van der Waals surface area contributed by atoms with Gasteiger partial charge in [-0.1, -0.05) is 66.7 Å². The van der Waals surface area contributed by atoms with Crippen LogP contribution in [0.2, 0.25) is 0 Å². The Bertz CT molecular complexity index is 2470. The van der Waals surface area contributed by atoms with Crippen LogP contribution in [-0.4, -0.2) is 93.1 Å². The molecule has 2 aromatic heterocycles. The first-order valence-corrected chi connectivity index (χ1v) is 21.6. The highest BCUT2D eigenvalue weighted by molar-refractivity contribution is 5.87. The Morgan fingerprint density at radius 3 is 1.73 bits per heavy atom. The number of aromatic nitrogens is 4. The summed E-state index contributed by atoms with van der Waals surface area (Å²) >= 11 is 0. The van der Waals surface area contributed by atoms with Gasteiger partial charge in [-0.25, -0.2) is 19.6 Å². The van der Waals surface area contributed by atoms with Gasteiger partial charge >= 0.3 is 12.2 Å². The molecule has 322 valence electrons. The third kappa shape index (κ3) is 7.69. The van der Waals surface area contributed by atoms with Crippen molar-refractivity contribution in [2.75, 3.05) is 27.3 Å². The molecule has 5 aromatic rings. The van der Waals surface area contributed by atoms with Gasteiger partial charge in [-0.15, -0.1) is 0 Å². The van der Waals surface area contributed by atoms with E-state index in [0.717, 1.165) is 78.3 Å². The number of amides is 4. The molecule has 62 heavy (non-hydrogen) atoms. The molecule has 0 saturated carbocycles. The zero-order chi connectivity index (χ0) is 43.1. The number of imidazole rings is 2. The summed E-state index contributed by atoms with van der Waals surface area (Å²) < 4.78 is 9.42. The molecule has 4 aliphatic rings. The fraction of sp³-hybridized carbons (Fsp3) is 0.404. The molecule has 3 saturated heterocycles. The zero-order valence-electron chi connectivity index (χ0n) is 35.4. The van der Waals surface area contributed by atoms with Gasteiger partial charge in [0.25, 0.3) is 0 Å². The summed E-state index contributed by atoms with van der Waals surface area (Å²) in [7, 11) is 2.56. The Kier molecular flexibility index (Phi) is 11.3. The molecular formula is C47H53N9O6. The minimum Gasteiger partial charge on any atom is -0.453 e. The van der Waals surface area contributed by atoms with E-state index in [1.165, 1.54) is 36.5 Å². The first-order chi connectivity index (χ1) is 30.1. The van der Waals surface area contributed by atoms with Crippen molar-refractivity contribution >= 4 is 24.0 Å². The second-order valence-electron chi connectivity index (χ2n) is 16.9. The van der Waals surface area contributed by atoms with Crippen LogP contribution in [0.1, 0.15) is 111 Å². The maximum Gasteiger partial charge on any atom is 0.407 e. The molecule has 9 rings (SSSR count). The summed E-state index contributed by atoms with van der Waals surface area (Å²) in [5.41, 5.74) is 10.1. The van der Waals surface area contributed by atoms with E-state index >= 15 is 0 Å². The lowest BCUT2D eigenvalue weighted by Crippen LogP contribution is -2.46. The number of methoxy groups -OCH3 is 2. The van der Waals surface area contributed by atoms with Crippen LogP contribution in [0, 0.1) is 0 Å². The van der Waals surface area contributed by atoms with Gasteiger partial charge < -0.3 is 45.2 Å². The Hall–Kier alpha value is -6.48. The van der Waals surface area contributed by atoms with Crippen molar-refractivity contribution < 1.29 is 28.7 Å². The number of H-pyrrole nitrogens is 2. The van der Waals surface area contributed by atoms with Crippen LogP contribution in [0.5, 0.6) is 0 Å². The number of carbonyl (C=O) groups is 4. The maximum atomic E-state index is 13.5. The zero-order valence-corrected chi connectivity index (χ0v) is 35.4. The van der Waals surface area contributed by atoms with E-state index in [-0.39, 0.29) is 36.0 Å². The molecule has 5 N–H and O–H groups in total. The number of nitrogens with one attached hydrogen (secondary N) is 5. The maximum absolute atomic E-state index is 13.5. The summed E-state index contributed by atoms with van der Waals surface area (Å²) in [5, 5.41) is 9.19. The summed E-state index contributed by atoms with van der Waals surface area (Å²) in [6, 6.07) is 22.2. The van der Waals surface area contributed by atoms with E-state index in [9.17, 15) is 19.2 Å². The molecule has 3 fully saturated rings. The number of rotatable bonds is 10. The largest absolute Gasteiger partial charge is 0.453 e. The monoisotopic (exact) mass is 839 g/mol. The number of alkyl carbamates (subject to hydrolysis) is 2. The van der Waals surface area contributed by atoms with Crippen molar-refractivity contribution in [2.24, 2.45) is 0 Å². The quantitative estimate of drug-likeness (QED) is 0.0969. The fourth-order valence-corrected chi connectivity index (χ4v) is 10.2. The first-order valence-electron chi connectivity index (χ1n) is 21.6. The minimum absolute atomic E-state index is 0.134. The second kappa shape index (κ2) is 17.1. The first kappa shape index (κ1) is 40.9. The van der Waals surface area contributed by atoms with E-state index in [1.54, 1.807) is 18.7 Å². The molecule has 15 nitrogen and oxygen atoms in total. The molecule has 15 heteroatoms. The lowest BCUT2D eigenvalue weighted by atomic mass is 9.85. The number of carbonyl (C=O) groups excluding carboxylic acids is 4. The molecule has 4 amide bonds. The molecule has 3 unspecified atom stereocenters. The number of ether oxygens (including phenoxy) is 2. The Balaban J connectivity index is 0.998. The third-order valence-corrected chi connectivity index (χ3v) is 13.2. The number of benzene rings is 3. The Morgan fingerprint density at radius 1 is 0.661 bits per heavy atom. The van der Waals surface area contributed by atoms with E-state index in [1.807, 2.05) is 17.3 Å². The van der Waals surface area contributed by atoms with Gasteiger partial charge in [0.05, 0.1) is 50.1 Å². The normalized spacial score (nSPS) is 22.5. The molecule has 0 aliphatic carbocycles. The van der Waals surface area contributed by atoms with Gasteiger partial charge in [-0.3, -0.25) is 9.59 Å². The third-order valence-electron chi connectivity index (χ3n) is 13.2. The van der Waals surface area contributed by atoms with Crippen molar-refractivity contribution in [1.29, 1.82) is 0 Å². The van der Waals surface area contributed by atoms with Crippen LogP contribution in [-0.2, 0) is 19.1 Å². The number of likely N-dealkylation sites (tertiary alicyclic amines) is 2. The van der Waals surface area contributed by atoms with Crippen LogP contribution < -0.4 is 16.0 Å². The van der Waals surface area contributed by atoms with E-state index in [0.29, 0.717) is 19.0 Å². The summed E-state index contributed by atoms with van der Waals surface area (Å²) in [5.74, 6) is 1.51. The predicted octanol–water partition coefficient (Wildman–Crippen LogP) is 7.21. The summed E-state index contributed by atoms with van der Waals surface area (Å²) in [6.07, 6.45) is 7.62. The summed E-state index contributed by atoms with van der Waals surface area (Å²) in [4.78, 5) is 70.7. The lowest BCUT2D eigenvalue weighted by molar-refractivity contribution is -0.134. The average Bonchev–Trinajstić information content (AvgIpc) is 4.17. The molecule has 0 radical (unpaired) electrons. The van der Waals surface area contributed by atoms with Crippen LogP contribution in [0.3, 0.4) is 0 Å². The SMILES string of the molecule is COC(=O)N[C@@H](C)C(=O)N1CCC[C@H]1c1ncc(-c2ccc(-c3ccc(-c4cnc([C@@H]5CCCN5C(=O)[C@H](C)NC(=O)OC)[nH]4)c4c3C3CC(c5ccccc5)CC4N3)cc2)[nH]1. The number of fused-ring (bicyclic) bond motifs is 5. The van der Waals surface area contributed by atoms with E-state index < -0.39 is 24.3 Å². The van der Waals surface area contributed by atoms with Crippen LogP contribution in [0.4, 0.5) is 9.59 Å². The molecule has 6 heterocycles. The Morgan fingerprint density at radius 2 is 1.16 bits per heavy atom. The molecule has 3 aromatic carbocycles. The van der Waals surface area contributed by atoms with Gasteiger partial charge in [0.15, 0.2) is 0 Å². The van der Waals surface area contributed by atoms with Crippen molar-refractivity contribution in [3.63, 3.8) is 0 Å². The van der Waals surface area contributed by atoms with Crippen LogP contribution in [0.25, 0.3) is 33.6 Å². The molecule has 4 aliphatic heterocycles. The number of nitrogens with zero attached hydrogens (tertiary/aromatic N) is 4. The minimum atomic E-state index is -0.726. The van der Waals surface area contributed by atoms with Crippen LogP contribution >= 0.6 is 0 Å². The van der Waals surface area contributed by atoms with Gasteiger partial charge in [0.1, 0.15) is 23.7 Å². The van der Waals surface area contributed by atoms with E-state index in [4.69, 9.17) is 19.4 Å². The number of hydrogen-bond acceptors (Lipinski definition) is 9.